The summed E-state index contributed by atoms with van der Waals surface area (Å²) in [4.78, 5) is 4.72. The summed E-state index contributed by atoms with van der Waals surface area (Å²) in [5, 5.41) is 11.1. The Labute approximate surface area is 291 Å². The van der Waals surface area contributed by atoms with Crippen molar-refractivity contribution >= 4 is 61.4 Å². The molecule has 4 nitrogen and oxygen atoms in total. The third-order valence-corrected chi connectivity index (χ3v) is 10.5. The van der Waals surface area contributed by atoms with E-state index in [1.54, 1.807) is 42.1 Å². The van der Waals surface area contributed by atoms with Gasteiger partial charge in [-0.15, -0.1) is 23.5 Å². The van der Waals surface area contributed by atoms with Crippen molar-refractivity contribution in [1.82, 2.24) is 4.98 Å². The molecule has 0 saturated carbocycles. The van der Waals surface area contributed by atoms with Crippen LogP contribution in [0.3, 0.4) is 0 Å². The highest BCUT2D eigenvalue weighted by Crippen LogP contribution is 2.40. The molecule has 1 heterocycles. The minimum Gasteiger partial charge on any atom is -0.404 e. The first-order valence-corrected chi connectivity index (χ1v) is 18.2. The highest BCUT2D eigenvalue weighted by molar-refractivity contribution is 8.02. The topological polar surface area (TPSA) is 91.0 Å². The van der Waals surface area contributed by atoms with E-state index in [1.807, 2.05) is 17.0 Å². The monoisotopic (exact) mass is 664 g/mol. The third-order valence-electron chi connectivity index (χ3n) is 8.67. The molecule has 0 bridgehead atoms. The number of rotatable bonds is 12. The largest absolute Gasteiger partial charge is 0.404 e. The Morgan fingerprint density at radius 1 is 0.667 bits per heavy atom. The van der Waals surface area contributed by atoms with E-state index < -0.39 is 0 Å². The van der Waals surface area contributed by atoms with Gasteiger partial charge >= 0.3 is 0 Å². The predicted molar refractivity (Wildman–Crippen MR) is 213 cm³/mol. The van der Waals surface area contributed by atoms with Crippen LogP contribution in [0.2, 0.25) is 0 Å². The van der Waals surface area contributed by atoms with E-state index in [4.69, 9.17) is 22.2 Å². The van der Waals surface area contributed by atoms with Gasteiger partial charge in [0.15, 0.2) is 0 Å². The van der Waals surface area contributed by atoms with Gasteiger partial charge in [0, 0.05) is 41.9 Å². The Morgan fingerprint density at radius 2 is 1.29 bits per heavy atom. The normalized spacial score (nSPS) is 13.1. The number of nitrogens with zero attached hydrogens (tertiary/aromatic N) is 1. The van der Waals surface area contributed by atoms with E-state index in [-0.39, 0.29) is 0 Å². The average molecular weight is 665 g/mol. The van der Waals surface area contributed by atoms with Crippen molar-refractivity contribution in [1.29, 1.82) is 0 Å². The van der Waals surface area contributed by atoms with Crippen molar-refractivity contribution in [2.75, 3.05) is 5.75 Å². The van der Waals surface area contributed by atoms with Gasteiger partial charge in [-0.05, 0) is 108 Å². The highest BCUT2D eigenvalue weighted by Gasteiger charge is 2.13. The van der Waals surface area contributed by atoms with Gasteiger partial charge in [-0.1, -0.05) is 91.9 Å². The number of fused-ring (bicyclic) bond motifs is 6. The van der Waals surface area contributed by atoms with Crippen LogP contribution in [-0.4, -0.2) is 10.7 Å². The fourth-order valence-electron chi connectivity index (χ4n) is 6.08. The molecule has 1 unspecified atom stereocenters. The van der Waals surface area contributed by atoms with Crippen molar-refractivity contribution < 1.29 is 0 Å². The molecule has 0 aliphatic heterocycles. The van der Waals surface area contributed by atoms with Gasteiger partial charge in [0.2, 0.25) is 0 Å². The molecule has 0 aliphatic rings. The molecule has 0 fully saturated rings. The predicted octanol–water partition coefficient (Wildman–Crippen LogP) is 10.6. The number of nitrogens with two attached hydrogens (primary N) is 3. The van der Waals surface area contributed by atoms with Crippen LogP contribution in [0.5, 0.6) is 0 Å². The summed E-state index contributed by atoms with van der Waals surface area (Å²) >= 11 is 3.37. The van der Waals surface area contributed by atoms with E-state index in [0.29, 0.717) is 5.92 Å². The molecule has 6 heteroatoms. The van der Waals surface area contributed by atoms with E-state index in [0.717, 1.165) is 45.9 Å². The second-order valence-corrected chi connectivity index (χ2v) is 13.5. The van der Waals surface area contributed by atoms with Gasteiger partial charge in [0.05, 0.1) is 5.69 Å². The summed E-state index contributed by atoms with van der Waals surface area (Å²) in [5.41, 5.74) is 25.0. The maximum absolute atomic E-state index is 6.25. The smallest absolute Gasteiger partial charge is 0.0506 e. The molecule has 0 radical (unpaired) electrons. The standard InChI is InChI=1S/C42H40N4S2/c1-2-29(27-47-20-18-43)8-9-34(25-45)32-12-15-38-37-16-13-33(35-10-14-36(46-26-35)28-48-21-19-44)24-40(37)39-17-11-31(22-42(39)41(38)23-32)30-6-4-3-5-7-30/h3-26,29H,2,27-28,43-45H2,1H3/b9-8-,20-18-,21-19-,34-25+. The van der Waals surface area contributed by atoms with Gasteiger partial charge in [-0.2, -0.15) is 0 Å². The Kier molecular flexibility index (Phi) is 10.9. The summed E-state index contributed by atoms with van der Waals surface area (Å²) in [7, 11) is 0. The fourth-order valence-corrected chi connectivity index (χ4v) is 7.44. The van der Waals surface area contributed by atoms with Crippen molar-refractivity contribution in [3.8, 4) is 22.3 Å². The Morgan fingerprint density at radius 3 is 1.96 bits per heavy atom. The van der Waals surface area contributed by atoms with Gasteiger partial charge in [-0.3, -0.25) is 4.98 Å². The molecule has 48 heavy (non-hydrogen) atoms. The van der Waals surface area contributed by atoms with Crippen LogP contribution in [0.15, 0.2) is 145 Å². The van der Waals surface area contributed by atoms with Gasteiger partial charge in [0.1, 0.15) is 0 Å². The molecular weight excluding hydrogens is 625 g/mol. The second kappa shape index (κ2) is 15.8. The Hall–Kier alpha value is -4.91. The minimum absolute atomic E-state index is 0.424. The third kappa shape index (κ3) is 7.30. The molecule has 6 rings (SSSR count). The summed E-state index contributed by atoms with van der Waals surface area (Å²) in [6.45, 7) is 2.21. The lowest BCUT2D eigenvalue weighted by Crippen LogP contribution is -1.98. The van der Waals surface area contributed by atoms with E-state index in [1.165, 1.54) is 43.4 Å². The zero-order valence-corrected chi connectivity index (χ0v) is 28.7. The van der Waals surface area contributed by atoms with Crippen molar-refractivity contribution in [2.45, 2.75) is 19.1 Å². The number of allylic oxidation sites excluding steroid dienone is 3. The maximum atomic E-state index is 6.25. The lowest BCUT2D eigenvalue weighted by molar-refractivity contribution is 0.711. The molecule has 0 spiro atoms. The van der Waals surface area contributed by atoms with Crippen molar-refractivity contribution in [3.63, 3.8) is 0 Å². The minimum atomic E-state index is 0.424. The molecule has 1 atom stereocenters. The maximum Gasteiger partial charge on any atom is 0.0506 e. The molecule has 0 amide bonds. The molecule has 0 saturated heterocycles. The van der Waals surface area contributed by atoms with Gasteiger partial charge in [-0.25, -0.2) is 0 Å². The quantitative estimate of drug-likeness (QED) is 0.0891. The zero-order chi connectivity index (χ0) is 33.3. The fraction of sp³-hybridized carbons (Fsp3) is 0.119. The Balaban J connectivity index is 1.48. The van der Waals surface area contributed by atoms with Crippen LogP contribution in [0, 0.1) is 5.92 Å². The molecule has 6 aromatic rings. The number of hydrogen-bond donors (Lipinski definition) is 3. The van der Waals surface area contributed by atoms with E-state index in [2.05, 4.69) is 116 Å². The van der Waals surface area contributed by atoms with E-state index in [9.17, 15) is 0 Å². The van der Waals surface area contributed by atoms with Crippen LogP contribution in [0.4, 0.5) is 0 Å². The number of thioether (sulfide) groups is 2. The summed E-state index contributed by atoms with van der Waals surface area (Å²) in [6, 6.07) is 35.2. The number of hydrogen-bond acceptors (Lipinski definition) is 6. The Bertz CT molecular complexity index is 2150. The number of pyridine rings is 1. The van der Waals surface area contributed by atoms with Crippen LogP contribution in [0.1, 0.15) is 24.6 Å². The average Bonchev–Trinajstić information content (AvgIpc) is 3.14. The van der Waals surface area contributed by atoms with Crippen molar-refractivity contribution in [2.24, 2.45) is 23.1 Å². The second-order valence-electron chi connectivity index (χ2n) is 11.6. The first kappa shape index (κ1) is 33.0. The molecule has 1 aromatic heterocycles. The van der Waals surface area contributed by atoms with Crippen LogP contribution >= 0.6 is 23.5 Å². The molecule has 6 N–H and O–H groups in total. The lowest BCUT2D eigenvalue weighted by Gasteiger charge is -2.15. The van der Waals surface area contributed by atoms with Gasteiger partial charge in [0.25, 0.3) is 0 Å². The van der Waals surface area contributed by atoms with Gasteiger partial charge < -0.3 is 17.2 Å². The lowest BCUT2D eigenvalue weighted by atomic mass is 9.89. The molecular formula is C42H40N4S2. The van der Waals surface area contributed by atoms with Crippen molar-refractivity contribution in [3.05, 3.63) is 156 Å². The summed E-state index contributed by atoms with van der Waals surface area (Å²) in [6.07, 6.45) is 12.3. The first-order chi connectivity index (χ1) is 23.6. The van der Waals surface area contributed by atoms with Crippen LogP contribution in [-0.2, 0) is 5.75 Å². The van der Waals surface area contributed by atoms with Crippen LogP contribution in [0.25, 0.3) is 60.1 Å². The first-order valence-electron chi connectivity index (χ1n) is 16.1. The number of benzene rings is 5. The van der Waals surface area contributed by atoms with Crippen LogP contribution < -0.4 is 17.2 Å². The SMILES string of the molecule is CCC(/C=C\C(=C/N)c1ccc2c3ccc(-c4ccc(CS/C=C\N)nc4)cc3c3ccc(-c4ccccc4)cc3c2c1)CS/C=C\N. The number of aromatic nitrogens is 1. The summed E-state index contributed by atoms with van der Waals surface area (Å²) < 4.78 is 0. The zero-order valence-electron chi connectivity index (χ0n) is 27.1. The van der Waals surface area contributed by atoms with E-state index >= 15 is 0 Å². The molecule has 240 valence electrons. The molecule has 5 aromatic carbocycles. The summed E-state index contributed by atoms with van der Waals surface area (Å²) in [5.74, 6) is 2.19. The highest BCUT2D eigenvalue weighted by atomic mass is 32.2. The molecule has 0 aliphatic carbocycles.